The van der Waals surface area contributed by atoms with Crippen molar-refractivity contribution < 1.29 is 9.53 Å². The van der Waals surface area contributed by atoms with Crippen LogP contribution in [0.3, 0.4) is 0 Å². The summed E-state index contributed by atoms with van der Waals surface area (Å²) < 4.78 is 5.39. The molecule has 3 heterocycles. The molecule has 0 bridgehead atoms. The molecule has 0 aliphatic carbocycles. The van der Waals surface area contributed by atoms with E-state index in [0.717, 1.165) is 5.69 Å². The highest BCUT2D eigenvalue weighted by atomic mass is 32.2. The second kappa shape index (κ2) is 5.18. The van der Waals surface area contributed by atoms with Crippen LogP contribution in [0.15, 0.2) is 0 Å². The van der Waals surface area contributed by atoms with E-state index in [2.05, 4.69) is 18.8 Å². The van der Waals surface area contributed by atoms with Crippen LogP contribution in [0.1, 0.15) is 35.7 Å². The van der Waals surface area contributed by atoms with Gasteiger partial charge in [-0.15, -0.1) is 11.8 Å². The van der Waals surface area contributed by atoms with E-state index in [4.69, 9.17) is 10.5 Å². The van der Waals surface area contributed by atoms with E-state index >= 15 is 0 Å². The fraction of sp³-hybridized carbons (Fsp3) is 0.667. The summed E-state index contributed by atoms with van der Waals surface area (Å²) in [5.41, 5.74) is 7.17. The summed E-state index contributed by atoms with van der Waals surface area (Å²) in [6.07, 6.45) is 0. The highest BCUT2D eigenvalue weighted by molar-refractivity contribution is 8.00. The third-order valence-electron chi connectivity index (χ3n) is 3.57. The topological polar surface area (TPSA) is 71.7 Å². The summed E-state index contributed by atoms with van der Waals surface area (Å²) in [5.74, 6) is 0. The van der Waals surface area contributed by atoms with Crippen LogP contribution in [-0.2, 0) is 4.74 Å². The van der Waals surface area contributed by atoms with Gasteiger partial charge in [0, 0.05) is 22.4 Å². The molecule has 1 aromatic rings. The van der Waals surface area contributed by atoms with Crippen molar-refractivity contribution in [3.63, 3.8) is 0 Å². The first-order chi connectivity index (χ1) is 9.49. The molecule has 1 fully saturated rings. The molecule has 110 valence electrons. The number of nitrogens with two attached hydrogens (primary N) is 1. The van der Waals surface area contributed by atoms with Crippen LogP contribution in [0.25, 0.3) is 0 Å². The SMILES string of the molecule is CC1SC(C)C(N)c2nc(N3COCN(C)C3=O)sc21. The number of carbonyl (C=O) groups is 1. The van der Waals surface area contributed by atoms with Crippen molar-refractivity contribution >= 4 is 34.3 Å². The van der Waals surface area contributed by atoms with Crippen LogP contribution in [0.5, 0.6) is 0 Å². The first-order valence-corrected chi connectivity index (χ1v) is 8.27. The number of aromatic nitrogens is 1. The molecule has 20 heavy (non-hydrogen) atoms. The molecule has 2 aliphatic rings. The smallest absolute Gasteiger partial charge is 0.329 e. The quantitative estimate of drug-likeness (QED) is 0.860. The Labute approximate surface area is 126 Å². The number of hydrogen-bond acceptors (Lipinski definition) is 6. The number of thiazole rings is 1. The second-order valence-electron chi connectivity index (χ2n) is 5.13. The fourth-order valence-electron chi connectivity index (χ4n) is 2.39. The van der Waals surface area contributed by atoms with Gasteiger partial charge in [-0.2, -0.15) is 0 Å². The van der Waals surface area contributed by atoms with Crippen LogP contribution in [0.2, 0.25) is 0 Å². The third-order valence-corrected chi connectivity index (χ3v) is 6.37. The minimum Gasteiger partial charge on any atom is -0.340 e. The van der Waals surface area contributed by atoms with Crippen LogP contribution < -0.4 is 10.6 Å². The Morgan fingerprint density at radius 1 is 1.40 bits per heavy atom. The maximum absolute atomic E-state index is 12.2. The van der Waals surface area contributed by atoms with Crippen molar-refractivity contribution in [1.29, 1.82) is 0 Å². The number of hydrogen-bond donors (Lipinski definition) is 1. The van der Waals surface area contributed by atoms with Gasteiger partial charge in [0.1, 0.15) is 13.5 Å². The minimum absolute atomic E-state index is 0.0743. The number of ether oxygens (including phenoxy) is 1. The normalized spacial score (nSPS) is 30.6. The van der Waals surface area contributed by atoms with Gasteiger partial charge < -0.3 is 15.4 Å². The molecule has 1 aromatic heterocycles. The Kier molecular flexibility index (Phi) is 3.65. The van der Waals surface area contributed by atoms with Crippen molar-refractivity contribution in [2.45, 2.75) is 30.4 Å². The highest BCUT2D eigenvalue weighted by Gasteiger charge is 2.35. The lowest BCUT2D eigenvalue weighted by molar-refractivity contribution is 0.0361. The number of fused-ring (bicyclic) bond motifs is 1. The molecule has 2 aliphatic heterocycles. The lowest BCUT2D eigenvalue weighted by atomic mass is 10.1. The first kappa shape index (κ1) is 14.1. The molecule has 2 amide bonds. The molecule has 6 nitrogen and oxygen atoms in total. The summed E-state index contributed by atoms with van der Waals surface area (Å²) in [5, 5.41) is 1.39. The molecule has 1 saturated heterocycles. The molecule has 3 unspecified atom stereocenters. The maximum Gasteiger partial charge on any atom is 0.329 e. The molecule has 3 rings (SSSR count). The first-order valence-electron chi connectivity index (χ1n) is 6.51. The lowest BCUT2D eigenvalue weighted by Crippen LogP contribution is -2.48. The summed E-state index contributed by atoms with van der Waals surface area (Å²) in [6, 6.07) is -0.154. The van der Waals surface area contributed by atoms with E-state index < -0.39 is 0 Å². The minimum atomic E-state index is -0.0794. The molecule has 0 spiro atoms. The van der Waals surface area contributed by atoms with E-state index in [1.807, 2.05) is 11.8 Å². The zero-order valence-electron chi connectivity index (χ0n) is 11.7. The number of urea groups is 1. The highest BCUT2D eigenvalue weighted by Crippen LogP contribution is 2.48. The zero-order valence-corrected chi connectivity index (χ0v) is 13.3. The monoisotopic (exact) mass is 314 g/mol. The molecule has 2 N–H and O–H groups in total. The van der Waals surface area contributed by atoms with Crippen molar-refractivity contribution in [3.05, 3.63) is 10.6 Å². The molecule has 3 atom stereocenters. The molecule has 8 heteroatoms. The molecule has 0 aromatic carbocycles. The van der Waals surface area contributed by atoms with Gasteiger partial charge in [-0.1, -0.05) is 18.3 Å². The van der Waals surface area contributed by atoms with Crippen molar-refractivity contribution in [2.24, 2.45) is 5.73 Å². The van der Waals surface area contributed by atoms with Crippen molar-refractivity contribution in [3.8, 4) is 0 Å². The van der Waals surface area contributed by atoms with E-state index in [0.29, 0.717) is 22.4 Å². The summed E-state index contributed by atoms with van der Waals surface area (Å²) in [7, 11) is 1.72. The average molecular weight is 314 g/mol. The van der Waals surface area contributed by atoms with Gasteiger partial charge in [-0.05, 0) is 6.92 Å². The van der Waals surface area contributed by atoms with Crippen molar-refractivity contribution in [2.75, 3.05) is 25.4 Å². The number of amides is 2. The Morgan fingerprint density at radius 3 is 2.90 bits per heavy atom. The van der Waals surface area contributed by atoms with Gasteiger partial charge in [-0.25, -0.2) is 14.7 Å². The van der Waals surface area contributed by atoms with Gasteiger partial charge in [0.05, 0.1) is 11.7 Å². The predicted molar refractivity (Wildman–Crippen MR) is 81.0 cm³/mol. The summed E-state index contributed by atoms with van der Waals surface area (Å²) in [6.45, 7) is 4.86. The number of nitrogens with zero attached hydrogens (tertiary/aromatic N) is 3. The maximum atomic E-state index is 12.2. The van der Waals surface area contributed by atoms with Gasteiger partial charge in [-0.3, -0.25) is 0 Å². The van der Waals surface area contributed by atoms with Crippen LogP contribution >= 0.6 is 23.1 Å². The number of carbonyl (C=O) groups excluding carboxylic acids is 1. The van der Waals surface area contributed by atoms with Crippen LogP contribution in [0, 0.1) is 0 Å². The molecule has 0 radical (unpaired) electrons. The second-order valence-corrected chi connectivity index (χ2v) is 7.86. The Bertz CT molecular complexity index is 536. The predicted octanol–water partition coefficient (Wildman–Crippen LogP) is 2.14. The van der Waals surface area contributed by atoms with E-state index in [1.54, 1.807) is 23.3 Å². The van der Waals surface area contributed by atoms with E-state index in [9.17, 15) is 4.79 Å². The summed E-state index contributed by atoms with van der Waals surface area (Å²) in [4.78, 5) is 21.1. The van der Waals surface area contributed by atoms with E-state index in [-0.39, 0.29) is 18.8 Å². The average Bonchev–Trinajstić information content (AvgIpc) is 2.85. The van der Waals surface area contributed by atoms with Gasteiger partial charge >= 0.3 is 6.03 Å². The van der Waals surface area contributed by atoms with Crippen LogP contribution in [0.4, 0.5) is 9.93 Å². The van der Waals surface area contributed by atoms with Crippen molar-refractivity contribution in [1.82, 2.24) is 9.88 Å². The number of rotatable bonds is 1. The summed E-state index contributed by atoms with van der Waals surface area (Å²) >= 11 is 3.40. The van der Waals surface area contributed by atoms with Gasteiger partial charge in [0.25, 0.3) is 0 Å². The molecular weight excluding hydrogens is 296 g/mol. The Hall–Kier alpha value is -0.830. The van der Waals surface area contributed by atoms with Crippen LogP contribution in [-0.4, -0.2) is 41.7 Å². The molecule has 0 saturated carbocycles. The Balaban J connectivity index is 1.95. The number of anilines is 1. The third kappa shape index (κ3) is 2.20. The lowest BCUT2D eigenvalue weighted by Gasteiger charge is -2.31. The number of thioether (sulfide) groups is 1. The van der Waals surface area contributed by atoms with Gasteiger partial charge in [0.15, 0.2) is 5.13 Å². The molecular formula is C12H18N4O2S2. The largest absolute Gasteiger partial charge is 0.340 e. The zero-order chi connectivity index (χ0) is 14.4. The van der Waals surface area contributed by atoms with E-state index in [1.165, 1.54) is 9.78 Å². The van der Waals surface area contributed by atoms with Gasteiger partial charge in [0.2, 0.25) is 0 Å². The Morgan fingerprint density at radius 2 is 2.15 bits per heavy atom. The fourth-order valence-corrected chi connectivity index (χ4v) is 4.92. The standard InChI is InChI=1S/C12H18N4O2S2/c1-6-8(13)9-10(7(2)19-6)20-11(14-9)16-5-18-4-15(3)12(16)17/h6-8H,4-5,13H2,1-3H3.